The second kappa shape index (κ2) is 23.1. The molecule has 0 saturated heterocycles. The topological polar surface area (TPSA) is 256 Å². The molecule has 0 unspecified atom stereocenters. The number of aryl methyl sites for hydroxylation is 2. The first-order chi connectivity index (χ1) is 39.1. The van der Waals surface area contributed by atoms with Gasteiger partial charge in [0.05, 0.1) is 16.8 Å². The molecular weight excluding hydrogens is 1050 g/mol. The molecule has 18 nitrogen and oxygen atoms in total. The summed E-state index contributed by atoms with van der Waals surface area (Å²) in [5.74, 6) is -2.06. The lowest BCUT2D eigenvalue weighted by Crippen LogP contribution is -2.52. The van der Waals surface area contributed by atoms with Crippen LogP contribution >= 0.6 is 0 Å². The SMILES string of the molecule is CNC(=O)c1c(-c2ccc(F)cc2)oc2ccc(-c3cccc(C(=O)NC(C)(C)C(=O)Nc4cc(C)[nH]n4)c3)cc12.CNC(=O)c1c(-c2ccc(F)cc2)oc2ccc(-c3cccc(C(=O)NC(C)(C)C(=O)Nc4cc(C)no4)c3)cc12. The molecule has 6 aromatic carbocycles. The first kappa shape index (κ1) is 56.2. The van der Waals surface area contributed by atoms with Gasteiger partial charge in [0.25, 0.3) is 35.4 Å². The number of aromatic nitrogens is 3. The van der Waals surface area contributed by atoms with Crippen LogP contribution in [0.25, 0.3) is 66.8 Å². The Hall–Kier alpha value is -10.5. The Morgan fingerprint density at radius 2 is 0.927 bits per heavy atom. The van der Waals surface area contributed by atoms with Gasteiger partial charge in [0.15, 0.2) is 5.82 Å². The minimum Gasteiger partial charge on any atom is -0.455 e. The number of carbonyl (C=O) groups excluding carboxylic acids is 6. The van der Waals surface area contributed by atoms with Gasteiger partial charge in [0.1, 0.15) is 45.4 Å². The molecule has 4 aromatic heterocycles. The molecule has 0 aliphatic carbocycles. The van der Waals surface area contributed by atoms with Crippen LogP contribution in [0.1, 0.15) is 80.5 Å². The lowest BCUT2D eigenvalue weighted by atomic mass is 9.98. The molecular formula is C62H55F2N9O9. The van der Waals surface area contributed by atoms with E-state index in [4.69, 9.17) is 13.4 Å². The van der Waals surface area contributed by atoms with Crippen molar-refractivity contribution in [3.05, 3.63) is 191 Å². The first-order valence-corrected chi connectivity index (χ1v) is 25.6. The van der Waals surface area contributed by atoms with Gasteiger partial charge in [-0.3, -0.25) is 39.2 Å². The van der Waals surface area contributed by atoms with Crippen molar-refractivity contribution >= 4 is 69.1 Å². The molecule has 0 atom stereocenters. The quantitative estimate of drug-likeness (QED) is 0.0539. The number of nitrogens with one attached hydrogen (secondary N) is 7. The molecule has 0 bridgehead atoms. The third kappa shape index (κ3) is 12.2. The zero-order chi connectivity index (χ0) is 58.6. The van der Waals surface area contributed by atoms with Crippen LogP contribution < -0.4 is 31.9 Å². The summed E-state index contributed by atoms with van der Waals surface area (Å²) in [6, 6.07) is 39.3. The lowest BCUT2D eigenvalue weighted by molar-refractivity contribution is -0.121. The fourth-order valence-corrected chi connectivity index (χ4v) is 8.82. The van der Waals surface area contributed by atoms with E-state index in [1.54, 1.807) is 120 Å². The van der Waals surface area contributed by atoms with Crippen LogP contribution in [0.15, 0.2) is 159 Å². The molecule has 0 fully saturated rings. The Kier molecular flexibility index (Phi) is 15.8. The summed E-state index contributed by atoms with van der Waals surface area (Å²) in [6.07, 6.45) is 0. The van der Waals surface area contributed by atoms with Crippen LogP contribution in [0.4, 0.5) is 20.5 Å². The van der Waals surface area contributed by atoms with E-state index >= 15 is 0 Å². The van der Waals surface area contributed by atoms with Crippen molar-refractivity contribution in [2.45, 2.75) is 52.6 Å². The van der Waals surface area contributed by atoms with E-state index in [2.05, 4.69) is 47.3 Å². The van der Waals surface area contributed by atoms with Crippen molar-refractivity contribution in [2.24, 2.45) is 0 Å². The predicted octanol–water partition coefficient (Wildman–Crippen LogP) is 11.2. The molecule has 0 saturated carbocycles. The highest BCUT2D eigenvalue weighted by molar-refractivity contribution is 6.13. The Morgan fingerprint density at radius 1 is 0.500 bits per heavy atom. The molecule has 10 rings (SSSR count). The number of amides is 6. The summed E-state index contributed by atoms with van der Waals surface area (Å²) in [5, 5.41) is 27.8. The summed E-state index contributed by atoms with van der Waals surface area (Å²) in [7, 11) is 3.05. The second-order valence-corrected chi connectivity index (χ2v) is 20.2. The van der Waals surface area contributed by atoms with Crippen LogP contribution in [0.2, 0.25) is 0 Å². The molecule has 82 heavy (non-hydrogen) atoms. The number of hydrogen-bond donors (Lipinski definition) is 7. The smallest absolute Gasteiger partial charge is 0.255 e. The summed E-state index contributed by atoms with van der Waals surface area (Å²) in [4.78, 5) is 77.8. The van der Waals surface area contributed by atoms with E-state index < -0.39 is 46.3 Å². The van der Waals surface area contributed by atoms with Crippen LogP contribution in [-0.4, -0.2) is 76.0 Å². The van der Waals surface area contributed by atoms with Gasteiger partial charge in [-0.05, 0) is 161 Å². The molecule has 10 aromatic rings. The maximum absolute atomic E-state index is 13.5. The van der Waals surface area contributed by atoms with Crippen LogP contribution in [0.3, 0.4) is 0 Å². The van der Waals surface area contributed by atoms with E-state index in [-0.39, 0.29) is 17.7 Å². The first-order valence-electron chi connectivity index (χ1n) is 25.6. The highest BCUT2D eigenvalue weighted by Crippen LogP contribution is 2.38. The van der Waals surface area contributed by atoms with Crippen molar-refractivity contribution in [1.82, 2.24) is 36.6 Å². The number of hydrogen-bond acceptors (Lipinski definition) is 11. The highest BCUT2D eigenvalue weighted by Gasteiger charge is 2.33. The number of H-pyrrole nitrogens is 1. The van der Waals surface area contributed by atoms with Crippen molar-refractivity contribution in [1.29, 1.82) is 0 Å². The number of halogens is 2. The molecule has 416 valence electrons. The van der Waals surface area contributed by atoms with Crippen molar-refractivity contribution < 1.29 is 50.9 Å². The van der Waals surface area contributed by atoms with Gasteiger partial charge in [0.2, 0.25) is 5.88 Å². The van der Waals surface area contributed by atoms with Gasteiger partial charge in [0, 0.05) is 64.9 Å². The number of furan rings is 2. The van der Waals surface area contributed by atoms with E-state index in [0.29, 0.717) is 83.9 Å². The van der Waals surface area contributed by atoms with E-state index in [1.165, 1.54) is 38.4 Å². The maximum atomic E-state index is 13.5. The fraction of sp³-hybridized carbons (Fsp3) is 0.161. The number of carbonyl (C=O) groups is 6. The molecule has 0 aliphatic heterocycles. The van der Waals surface area contributed by atoms with Gasteiger partial charge in [-0.1, -0.05) is 41.6 Å². The Labute approximate surface area is 468 Å². The Morgan fingerprint density at radius 3 is 1.33 bits per heavy atom. The molecule has 7 N–H and O–H groups in total. The number of anilines is 2. The van der Waals surface area contributed by atoms with E-state index in [0.717, 1.165) is 22.4 Å². The number of nitrogens with zero attached hydrogens (tertiary/aromatic N) is 2. The van der Waals surface area contributed by atoms with Gasteiger partial charge < -0.3 is 39.9 Å². The molecule has 0 radical (unpaired) electrons. The largest absolute Gasteiger partial charge is 0.455 e. The zero-order valence-electron chi connectivity index (χ0n) is 45.7. The molecule has 0 spiro atoms. The van der Waals surface area contributed by atoms with Gasteiger partial charge in [-0.15, -0.1) is 0 Å². The maximum Gasteiger partial charge on any atom is 0.255 e. The van der Waals surface area contributed by atoms with Gasteiger partial charge in [-0.25, -0.2) is 8.78 Å². The average molecular weight is 1110 g/mol. The minimum absolute atomic E-state index is 0.185. The van der Waals surface area contributed by atoms with Crippen molar-refractivity contribution in [3.8, 4) is 44.9 Å². The summed E-state index contributed by atoms with van der Waals surface area (Å²) < 4.78 is 44.1. The Bertz CT molecular complexity index is 3840. The van der Waals surface area contributed by atoms with Crippen LogP contribution in [-0.2, 0) is 9.59 Å². The molecule has 0 aliphatic rings. The van der Waals surface area contributed by atoms with Crippen LogP contribution in [0.5, 0.6) is 0 Å². The third-order valence-corrected chi connectivity index (χ3v) is 13.2. The third-order valence-electron chi connectivity index (χ3n) is 13.2. The van der Waals surface area contributed by atoms with Gasteiger partial charge >= 0.3 is 0 Å². The normalized spacial score (nSPS) is 11.3. The zero-order valence-corrected chi connectivity index (χ0v) is 45.7. The summed E-state index contributed by atoms with van der Waals surface area (Å²) in [5.41, 5.74) is 5.26. The van der Waals surface area contributed by atoms with E-state index in [1.807, 2.05) is 43.3 Å². The number of rotatable bonds is 14. The van der Waals surface area contributed by atoms with E-state index in [9.17, 15) is 37.5 Å². The average Bonchev–Trinajstić information content (AvgIpc) is 3.61. The second-order valence-electron chi connectivity index (χ2n) is 20.2. The molecule has 4 heterocycles. The molecule has 20 heteroatoms. The summed E-state index contributed by atoms with van der Waals surface area (Å²) in [6.45, 7) is 9.92. The fourth-order valence-electron chi connectivity index (χ4n) is 8.82. The number of benzene rings is 6. The highest BCUT2D eigenvalue weighted by atomic mass is 19.1. The van der Waals surface area contributed by atoms with Crippen LogP contribution in [0, 0.1) is 25.5 Å². The monoisotopic (exact) mass is 1110 g/mol. The minimum atomic E-state index is -1.26. The van der Waals surface area contributed by atoms with Crippen molar-refractivity contribution in [3.63, 3.8) is 0 Å². The van der Waals surface area contributed by atoms with Gasteiger partial charge in [-0.2, -0.15) is 5.10 Å². The number of fused-ring (bicyclic) bond motifs is 2. The predicted molar refractivity (Wildman–Crippen MR) is 306 cm³/mol. The standard InChI is InChI=1S/C31H28FN5O4.C31H27FN4O5/c1-17-14-25(37-36-17)34-30(40)31(2,3)35-28(38)21-7-5-6-19(15-21)20-10-13-24-23(16-20)26(29(39)33-4)27(41-24)18-8-11-22(32)12-9-18;1-17-14-25(41-36-17)34-30(39)31(2,3)35-28(37)21-7-5-6-19(15-21)20-10-13-24-23(16-20)26(29(38)33-4)27(40-24)18-8-11-22(32)12-9-18/h5-16H,1-4H3,(H,33,39)(H,35,38)(H2,34,36,37,40);5-16H,1-4H3,(H,33,38)(H,34,39)(H,35,37). The van der Waals surface area contributed by atoms with Crippen molar-refractivity contribution in [2.75, 3.05) is 24.7 Å². The lowest BCUT2D eigenvalue weighted by Gasteiger charge is -2.24. The summed E-state index contributed by atoms with van der Waals surface area (Å²) >= 11 is 0. The number of aromatic amines is 1. The Balaban J connectivity index is 0.000000198. The molecule has 6 amide bonds.